The Morgan fingerprint density at radius 3 is 2.71 bits per heavy atom. The molecular formula is C18H26N4O2. The molecule has 2 heterocycles. The molecule has 6 nitrogen and oxygen atoms in total. The number of urea groups is 1. The highest BCUT2D eigenvalue weighted by molar-refractivity contribution is 5.90. The summed E-state index contributed by atoms with van der Waals surface area (Å²) in [6.45, 7) is 4.94. The normalized spacial score (nSPS) is 21.9. The van der Waals surface area contributed by atoms with Gasteiger partial charge < -0.3 is 20.4 Å². The number of hydrogen-bond acceptors (Lipinski definition) is 3. The molecule has 1 atom stereocenters. The van der Waals surface area contributed by atoms with Crippen molar-refractivity contribution in [2.75, 3.05) is 39.3 Å². The van der Waals surface area contributed by atoms with E-state index in [0.717, 1.165) is 52.0 Å². The first kappa shape index (κ1) is 16.8. The minimum atomic E-state index is -0.401. The van der Waals surface area contributed by atoms with Gasteiger partial charge in [-0.2, -0.15) is 0 Å². The molecule has 2 saturated heterocycles. The summed E-state index contributed by atoms with van der Waals surface area (Å²) in [7, 11) is 0. The fourth-order valence-electron chi connectivity index (χ4n) is 3.39. The summed E-state index contributed by atoms with van der Waals surface area (Å²) in [5.74, 6) is 0.0412. The summed E-state index contributed by atoms with van der Waals surface area (Å²) in [5, 5.41) is 5.33. The average molecular weight is 330 g/mol. The van der Waals surface area contributed by atoms with E-state index in [0.29, 0.717) is 6.54 Å². The van der Waals surface area contributed by atoms with Crippen molar-refractivity contribution in [1.82, 2.24) is 20.4 Å². The number of amides is 3. The molecule has 1 aromatic rings. The maximum absolute atomic E-state index is 12.5. The highest BCUT2D eigenvalue weighted by Crippen LogP contribution is 2.09. The highest BCUT2D eigenvalue weighted by atomic mass is 16.2. The largest absolute Gasteiger partial charge is 0.340 e. The van der Waals surface area contributed by atoms with Crippen molar-refractivity contribution in [3.63, 3.8) is 0 Å². The third-order valence-electron chi connectivity index (χ3n) is 4.75. The first-order chi connectivity index (χ1) is 11.7. The van der Waals surface area contributed by atoms with Crippen LogP contribution < -0.4 is 10.6 Å². The van der Waals surface area contributed by atoms with Crippen LogP contribution in [0.25, 0.3) is 0 Å². The van der Waals surface area contributed by atoms with E-state index in [1.807, 2.05) is 11.0 Å². The number of nitrogens with one attached hydrogen (secondary N) is 2. The molecule has 2 aliphatic heterocycles. The molecule has 0 unspecified atom stereocenters. The molecule has 0 aromatic heterocycles. The summed E-state index contributed by atoms with van der Waals surface area (Å²) in [5.41, 5.74) is 1.38. The zero-order valence-corrected chi connectivity index (χ0v) is 14.0. The molecule has 0 aliphatic carbocycles. The van der Waals surface area contributed by atoms with Gasteiger partial charge in [0, 0.05) is 26.2 Å². The Morgan fingerprint density at radius 1 is 1.12 bits per heavy atom. The van der Waals surface area contributed by atoms with Crippen LogP contribution in [-0.2, 0) is 11.2 Å². The molecule has 2 aliphatic rings. The minimum Gasteiger partial charge on any atom is -0.340 e. The fraction of sp³-hybridized carbons (Fsp3) is 0.556. The Morgan fingerprint density at radius 2 is 1.96 bits per heavy atom. The SMILES string of the molecule is O=C1NC[C@@H](C(=O)N2CCCN(CCCc3ccccc3)CC2)N1. The van der Waals surface area contributed by atoms with Gasteiger partial charge in [-0.3, -0.25) is 4.79 Å². The third-order valence-corrected chi connectivity index (χ3v) is 4.75. The van der Waals surface area contributed by atoms with Crippen molar-refractivity contribution >= 4 is 11.9 Å². The lowest BCUT2D eigenvalue weighted by Crippen LogP contribution is -2.46. The molecule has 2 N–H and O–H groups in total. The lowest BCUT2D eigenvalue weighted by molar-refractivity contribution is -0.132. The van der Waals surface area contributed by atoms with Gasteiger partial charge in [0.1, 0.15) is 6.04 Å². The van der Waals surface area contributed by atoms with Crippen LogP contribution in [0.3, 0.4) is 0 Å². The van der Waals surface area contributed by atoms with Gasteiger partial charge >= 0.3 is 6.03 Å². The number of nitrogens with zero attached hydrogens (tertiary/aromatic N) is 2. The van der Waals surface area contributed by atoms with Gasteiger partial charge in [-0.05, 0) is 37.9 Å². The van der Waals surface area contributed by atoms with Crippen molar-refractivity contribution in [1.29, 1.82) is 0 Å². The van der Waals surface area contributed by atoms with Gasteiger partial charge in [-0.15, -0.1) is 0 Å². The van der Waals surface area contributed by atoms with E-state index in [2.05, 4.69) is 39.8 Å². The molecule has 0 bridgehead atoms. The van der Waals surface area contributed by atoms with E-state index in [-0.39, 0.29) is 11.9 Å². The first-order valence-electron chi connectivity index (χ1n) is 8.82. The van der Waals surface area contributed by atoms with E-state index < -0.39 is 6.04 Å². The summed E-state index contributed by atoms with van der Waals surface area (Å²) in [6.07, 6.45) is 3.23. The van der Waals surface area contributed by atoms with Gasteiger partial charge in [0.15, 0.2) is 0 Å². The van der Waals surface area contributed by atoms with Crippen molar-refractivity contribution in [2.45, 2.75) is 25.3 Å². The van der Waals surface area contributed by atoms with Gasteiger partial charge in [0.2, 0.25) is 5.91 Å². The Hall–Kier alpha value is -2.08. The van der Waals surface area contributed by atoms with E-state index >= 15 is 0 Å². The third kappa shape index (κ3) is 4.47. The van der Waals surface area contributed by atoms with Crippen molar-refractivity contribution in [3.05, 3.63) is 35.9 Å². The molecule has 1 aromatic carbocycles. The molecule has 3 rings (SSSR count). The van der Waals surface area contributed by atoms with E-state index in [4.69, 9.17) is 0 Å². The number of carbonyl (C=O) groups excluding carboxylic acids is 2. The predicted molar refractivity (Wildman–Crippen MR) is 92.7 cm³/mol. The zero-order chi connectivity index (χ0) is 16.8. The molecule has 3 amide bonds. The van der Waals surface area contributed by atoms with Crippen molar-refractivity contribution < 1.29 is 9.59 Å². The number of carbonyl (C=O) groups is 2. The molecule has 0 saturated carbocycles. The maximum atomic E-state index is 12.5. The van der Waals surface area contributed by atoms with Crippen molar-refractivity contribution in [3.8, 4) is 0 Å². The van der Waals surface area contributed by atoms with E-state index in [9.17, 15) is 9.59 Å². The van der Waals surface area contributed by atoms with Crippen LogP contribution in [0.15, 0.2) is 30.3 Å². The number of aryl methyl sites for hydroxylation is 1. The monoisotopic (exact) mass is 330 g/mol. The molecule has 130 valence electrons. The van der Waals surface area contributed by atoms with E-state index in [1.54, 1.807) is 0 Å². The lowest BCUT2D eigenvalue weighted by atomic mass is 10.1. The molecule has 0 radical (unpaired) electrons. The second-order valence-corrected chi connectivity index (χ2v) is 6.52. The quantitative estimate of drug-likeness (QED) is 0.841. The summed E-state index contributed by atoms with van der Waals surface area (Å²) < 4.78 is 0. The Kier molecular flexibility index (Phi) is 5.69. The van der Waals surface area contributed by atoms with Crippen molar-refractivity contribution in [2.24, 2.45) is 0 Å². The maximum Gasteiger partial charge on any atom is 0.315 e. The topological polar surface area (TPSA) is 64.7 Å². The van der Waals surface area contributed by atoms with Crippen LogP contribution in [0.2, 0.25) is 0 Å². The Labute approximate surface area is 143 Å². The molecule has 0 spiro atoms. The highest BCUT2D eigenvalue weighted by Gasteiger charge is 2.31. The smallest absolute Gasteiger partial charge is 0.315 e. The zero-order valence-electron chi connectivity index (χ0n) is 14.0. The van der Waals surface area contributed by atoms with Crippen LogP contribution in [0, 0.1) is 0 Å². The predicted octanol–water partition coefficient (Wildman–Crippen LogP) is 0.835. The van der Waals surface area contributed by atoms with Crippen LogP contribution in [0.4, 0.5) is 4.79 Å². The number of benzene rings is 1. The molecule has 24 heavy (non-hydrogen) atoms. The summed E-state index contributed by atoms with van der Waals surface area (Å²) in [6, 6.07) is 9.92. The summed E-state index contributed by atoms with van der Waals surface area (Å²) >= 11 is 0. The van der Waals surface area contributed by atoms with Gasteiger partial charge in [-0.25, -0.2) is 4.79 Å². The van der Waals surface area contributed by atoms with Crippen LogP contribution in [0.5, 0.6) is 0 Å². The molecule has 6 heteroatoms. The van der Waals surface area contributed by atoms with Gasteiger partial charge in [0.05, 0.1) is 0 Å². The van der Waals surface area contributed by atoms with Gasteiger partial charge in [0.25, 0.3) is 0 Å². The summed E-state index contributed by atoms with van der Waals surface area (Å²) in [4.78, 5) is 28.0. The minimum absolute atomic E-state index is 0.0412. The number of rotatable bonds is 5. The average Bonchev–Trinajstić information content (AvgIpc) is 2.90. The second-order valence-electron chi connectivity index (χ2n) is 6.52. The molecular weight excluding hydrogens is 304 g/mol. The first-order valence-corrected chi connectivity index (χ1v) is 8.82. The van der Waals surface area contributed by atoms with Crippen LogP contribution >= 0.6 is 0 Å². The Bertz CT molecular complexity index is 563. The second kappa shape index (κ2) is 8.15. The molecule has 2 fully saturated rings. The van der Waals surface area contributed by atoms with E-state index in [1.165, 1.54) is 5.56 Å². The lowest BCUT2D eigenvalue weighted by Gasteiger charge is -2.24. The fourth-order valence-corrected chi connectivity index (χ4v) is 3.39. The van der Waals surface area contributed by atoms with Gasteiger partial charge in [-0.1, -0.05) is 30.3 Å². The Balaban J connectivity index is 1.41. The van der Waals surface area contributed by atoms with Crippen LogP contribution in [0.1, 0.15) is 18.4 Å². The van der Waals surface area contributed by atoms with Crippen LogP contribution in [-0.4, -0.2) is 67.0 Å². The number of hydrogen-bond donors (Lipinski definition) is 2. The standard InChI is InChI=1S/C18H26N4O2/c23-17(16-14-19-18(24)20-16)22-11-5-10-21(12-13-22)9-4-8-15-6-2-1-3-7-15/h1-3,6-7,16H,4-5,8-14H2,(H2,19,20,24)/t16-/m0/s1.